The van der Waals surface area contributed by atoms with Crippen LogP contribution in [0.25, 0.3) is 11.3 Å². The Labute approximate surface area is 179 Å². The molecule has 31 heavy (non-hydrogen) atoms. The summed E-state index contributed by atoms with van der Waals surface area (Å²) in [5.41, 5.74) is 3.32. The zero-order valence-electron chi connectivity index (χ0n) is 16.9. The van der Waals surface area contributed by atoms with Crippen molar-refractivity contribution in [3.05, 3.63) is 102 Å². The molecule has 154 valence electrons. The number of benzene rings is 2. The third-order valence-electron chi connectivity index (χ3n) is 4.74. The molecular formula is C24H21N5O2. The van der Waals surface area contributed by atoms with E-state index in [-0.39, 0.29) is 17.9 Å². The Morgan fingerprint density at radius 2 is 1.71 bits per heavy atom. The van der Waals surface area contributed by atoms with Crippen molar-refractivity contribution >= 4 is 17.5 Å². The van der Waals surface area contributed by atoms with Gasteiger partial charge in [-0.15, -0.1) is 0 Å². The second kappa shape index (κ2) is 9.04. The zero-order chi connectivity index (χ0) is 21.6. The van der Waals surface area contributed by atoms with Crippen LogP contribution in [0.2, 0.25) is 0 Å². The molecule has 2 amide bonds. The molecule has 7 nitrogen and oxygen atoms in total. The molecule has 0 saturated heterocycles. The molecule has 0 fully saturated rings. The largest absolute Gasteiger partial charge is 0.342 e. The van der Waals surface area contributed by atoms with Gasteiger partial charge in [0.15, 0.2) is 0 Å². The van der Waals surface area contributed by atoms with Crippen LogP contribution in [0.3, 0.4) is 0 Å². The van der Waals surface area contributed by atoms with Gasteiger partial charge in [0.05, 0.1) is 23.5 Å². The number of hydrogen-bond donors (Lipinski definition) is 3. The standard InChI is InChI=1S/C24H21N5O2/c1-16(22-26-15-21(29-22)17-7-3-2-4-8-17)27-23(30)18-9-5-11-20(13-18)28-24(31)19-10-6-12-25-14-19/h2-16H,1H3,(H,26,29)(H,27,30)(H,28,31). The summed E-state index contributed by atoms with van der Waals surface area (Å²) in [6, 6.07) is 19.7. The van der Waals surface area contributed by atoms with Crippen molar-refractivity contribution in [2.45, 2.75) is 13.0 Å². The van der Waals surface area contributed by atoms with Gasteiger partial charge < -0.3 is 15.6 Å². The molecule has 0 aliphatic heterocycles. The lowest BCUT2D eigenvalue weighted by atomic mass is 10.1. The maximum absolute atomic E-state index is 12.7. The number of pyridine rings is 1. The first-order valence-corrected chi connectivity index (χ1v) is 9.83. The van der Waals surface area contributed by atoms with Crippen molar-refractivity contribution in [3.63, 3.8) is 0 Å². The summed E-state index contributed by atoms with van der Waals surface area (Å²) in [4.78, 5) is 36.6. The Balaban J connectivity index is 1.42. The SMILES string of the molecule is CC(NC(=O)c1cccc(NC(=O)c2cccnc2)c1)c1ncc(-c2ccccc2)[nH]1. The van der Waals surface area contributed by atoms with Crippen molar-refractivity contribution in [3.8, 4) is 11.3 Å². The maximum Gasteiger partial charge on any atom is 0.257 e. The van der Waals surface area contributed by atoms with Gasteiger partial charge in [0, 0.05) is 23.6 Å². The molecule has 0 saturated carbocycles. The van der Waals surface area contributed by atoms with Crippen molar-refractivity contribution in [1.29, 1.82) is 0 Å². The Morgan fingerprint density at radius 1 is 0.903 bits per heavy atom. The molecule has 2 aromatic heterocycles. The molecule has 0 bridgehead atoms. The van der Waals surface area contributed by atoms with E-state index in [1.165, 1.54) is 6.20 Å². The molecule has 2 heterocycles. The minimum Gasteiger partial charge on any atom is -0.342 e. The molecular weight excluding hydrogens is 390 g/mol. The average Bonchev–Trinajstić information content (AvgIpc) is 3.31. The van der Waals surface area contributed by atoms with Gasteiger partial charge in [-0.2, -0.15) is 0 Å². The van der Waals surface area contributed by atoms with Crippen molar-refractivity contribution in [2.75, 3.05) is 5.32 Å². The molecule has 0 aliphatic carbocycles. The number of nitrogens with zero attached hydrogens (tertiary/aromatic N) is 2. The van der Waals surface area contributed by atoms with Crippen molar-refractivity contribution < 1.29 is 9.59 Å². The highest BCUT2D eigenvalue weighted by atomic mass is 16.2. The normalized spacial score (nSPS) is 11.5. The van der Waals surface area contributed by atoms with Crippen LogP contribution in [0, 0.1) is 0 Å². The third-order valence-corrected chi connectivity index (χ3v) is 4.74. The van der Waals surface area contributed by atoms with E-state index in [0.717, 1.165) is 11.3 Å². The predicted molar refractivity (Wildman–Crippen MR) is 119 cm³/mol. The van der Waals surface area contributed by atoms with Crippen LogP contribution in [0.4, 0.5) is 5.69 Å². The molecule has 0 aliphatic rings. The number of imidazole rings is 1. The zero-order valence-corrected chi connectivity index (χ0v) is 16.9. The van der Waals surface area contributed by atoms with Crippen LogP contribution in [0.15, 0.2) is 85.3 Å². The molecule has 0 radical (unpaired) electrons. The fourth-order valence-electron chi connectivity index (χ4n) is 3.11. The lowest BCUT2D eigenvalue weighted by molar-refractivity contribution is 0.0937. The minimum atomic E-state index is -0.321. The van der Waals surface area contributed by atoms with Gasteiger partial charge in [-0.05, 0) is 42.8 Å². The fraction of sp³-hybridized carbons (Fsp3) is 0.0833. The summed E-state index contributed by atoms with van der Waals surface area (Å²) in [5.74, 6) is 0.110. The van der Waals surface area contributed by atoms with Crippen molar-refractivity contribution in [2.24, 2.45) is 0 Å². The van der Waals surface area contributed by atoms with Crippen LogP contribution in [-0.4, -0.2) is 26.8 Å². The van der Waals surface area contributed by atoms with Crippen LogP contribution in [-0.2, 0) is 0 Å². The Morgan fingerprint density at radius 3 is 2.48 bits per heavy atom. The summed E-state index contributed by atoms with van der Waals surface area (Å²) in [5, 5.41) is 5.72. The quantitative estimate of drug-likeness (QED) is 0.442. The number of carbonyl (C=O) groups excluding carboxylic acids is 2. The lowest BCUT2D eigenvalue weighted by Crippen LogP contribution is -2.27. The van der Waals surface area contributed by atoms with Gasteiger partial charge in [-0.1, -0.05) is 36.4 Å². The lowest BCUT2D eigenvalue weighted by Gasteiger charge is -2.12. The molecule has 1 atom stereocenters. The fourth-order valence-corrected chi connectivity index (χ4v) is 3.11. The highest BCUT2D eigenvalue weighted by Gasteiger charge is 2.15. The molecule has 1 unspecified atom stereocenters. The molecule has 7 heteroatoms. The van der Waals surface area contributed by atoms with Crippen LogP contribution in [0.5, 0.6) is 0 Å². The summed E-state index contributed by atoms with van der Waals surface area (Å²) in [6.45, 7) is 1.86. The number of carbonyl (C=O) groups is 2. The van der Waals surface area contributed by atoms with E-state index in [1.807, 2.05) is 37.3 Å². The van der Waals surface area contributed by atoms with E-state index < -0.39 is 0 Å². The number of H-pyrrole nitrogens is 1. The molecule has 3 N–H and O–H groups in total. The van der Waals surface area contributed by atoms with E-state index in [9.17, 15) is 9.59 Å². The second-order valence-corrected chi connectivity index (χ2v) is 7.02. The van der Waals surface area contributed by atoms with Gasteiger partial charge in [-0.3, -0.25) is 14.6 Å². The molecule has 4 aromatic rings. The number of anilines is 1. The number of aromatic nitrogens is 3. The Kier molecular flexibility index (Phi) is 5.84. The molecule has 0 spiro atoms. The van der Waals surface area contributed by atoms with Crippen LogP contribution >= 0.6 is 0 Å². The number of amides is 2. The maximum atomic E-state index is 12.7. The van der Waals surface area contributed by atoms with E-state index >= 15 is 0 Å². The minimum absolute atomic E-state index is 0.261. The first-order chi connectivity index (χ1) is 15.1. The molecule has 2 aromatic carbocycles. The Bertz CT molecular complexity index is 1190. The number of rotatable bonds is 6. The Hall–Kier alpha value is -4.26. The van der Waals surface area contributed by atoms with Gasteiger partial charge in [0.2, 0.25) is 0 Å². The summed E-state index contributed by atoms with van der Waals surface area (Å²) in [6.07, 6.45) is 4.84. The smallest absolute Gasteiger partial charge is 0.257 e. The third kappa shape index (κ3) is 4.84. The van der Waals surface area contributed by atoms with Gasteiger partial charge in [0.1, 0.15) is 5.82 Å². The number of aromatic amines is 1. The summed E-state index contributed by atoms with van der Waals surface area (Å²) >= 11 is 0. The average molecular weight is 411 g/mol. The number of nitrogens with one attached hydrogen (secondary N) is 3. The summed E-state index contributed by atoms with van der Waals surface area (Å²) in [7, 11) is 0. The first kappa shape index (κ1) is 20.0. The highest BCUT2D eigenvalue weighted by Crippen LogP contribution is 2.19. The van der Waals surface area contributed by atoms with Crippen LogP contribution < -0.4 is 10.6 Å². The number of hydrogen-bond acceptors (Lipinski definition) is 4. The summed E-state index contributed by atoms with van der Waals surface area (Å²) < 4.78 is 0. The van der Waals surface area contributed by atoms with Crippen molar-refractivity contribution in [1.82, 2.24) is 20.3 Å². The molecule has 4 rings (SSSR count). The van der Waals surface area contributed by atoms with Gasteiger partial charge in [0.25, 0.3) is 11.8 Å². The van der Waals surface area contributed by atoms with E-state index in [2.05, 4.69) is 25.6 Å². The van der Waals surface area contributed by atoms with Gasteiger partial charge in [-0.25, -0.2) is 4.98 Å². The van der Waals surface area contributed by atoms with E-state index in [1.54, 1.807) is 48.8 Å². The highest BCUT2D eigenvalue weighted by molar-refractivity contribution is 6.04. The topological polar surface area (TPSA) is 99.8 Å². The van der Waals surface area contributed by atoms with E-state index in [4.69, 9.17) is 0 Å². The van der Waals surface area contributed by atoms with Crippen LogP contribution in [0.1, 0.15) is 39.5 Å². The monoisotopic (exact) mass is 411 g/mol. The first-order valence-electron chi connectivity index (χ1n) is 9.83. The second-order valence-electron chi connectivity index (χ2n) is 7.02. The predicted octanol–water partition coefficient (Wildman–Crippen LogP) is 4.22. The van der Waals surface area contributed by atoms with Gasteiger partial charge >= 0.3 is 0 Å². The van der Waals surface area contributed by atoms with E-state index in [0.29, 0.717) is 22.6 Å².